The van der Waals surface area contributed by atoms with Gasteiger partial charge in [0, 0.05) is 62.2 Å². The lowest BCUT2D eigenvalue weighted by Gasteiger charge is -2.48. The minimum Gasteiger partial charge on any atom is -0.479 e. The Morgan fingerprint density at radius 2 is 0.846 bits per heavy atom. The highest BCUT2D eigenvalue weighted by Crippen LogP contribution is 2.34. The summed E-state index contributed by atoms with van der Waals surface area (Å²) in [5.41, 5.74) is 0. The van der Waals surface area contributed by atoms with E-state index >= 15 is 0 Å². The Hall–Kier alpha value is -2.40. The fraction of sp³-hybridized carbons (Fsp3) is 0.833. The van der Waals surface area contributed by atoms with Gasteiger partial charge in [-0.15, -0.1) is 0 Å². The van der Waals surface area contributed by atoms with Crippen LogP contribution in [0.25, 0.3) is 0 Å². The van der Waals surface area contributed by atoms with Gasteiger partial charge in [-0.2, -0.15) is 0 Å². The van der Waals surface area contributed by atoms with Crippen LogP contribution in [-0.2, 0) is 19.2 Å². The highest BCUT2D eigenvalue weighted by molar-refractivity contribution is 5.82. The van der Waals surface area contributed by atoms with Crippen molar-refractivity contribution in [3.05, 3.63) is 0 Å². The SMILES string of the molecule is O.O=C(C1CC1)N1C[C@H]2C[C@@H](C1)N2.O=C(C1CC1)N1C[C@H]2C[C@@H](C1)N2.O=C(O)[C@@H](O)[C@H](O)[C@H](O)[C@@H](O)C(=O)O. The van der Waals surface area contributed by atoms with Gasteiger partial charge in [-0.05, 0) is 38.5 Å². The van der Waals surface area contributed by atoms with Crippen molar-refractivity contribution in [1.82, 2.24) is 20.4 Å². The average molecular weight is 561 g/mol. The first-order valence-corrected chi connectivity index (χ1v) is 13.2. The Morgan fingerprint density at radius 3 is 1.05 bits per heavy atom. The molecule has 8 fully saturated rings. The van der Waals surface area contributed by atoms with E-state index in [0.29, 0.717) is 47.8 Å². The molecule has 0 aromatic carbocycles. The zero-order valence-electron chi connectivity index (χ0n) is 21.6. The quantitative estimate of drug-likeness (QED) is 0.147. The molecule has 2 aliphatic carbocycles. The highest BCUT2D eigenvalue weighted by Gasteiger charge is 2.43. The van der Waals surface area contributed by atoms with Crippen molar-refractivity contribution in [2.24, 2.45) is 11.8 Å². The predicted octanol–water partition coefficient (Wildman–Crippen LogP) is -4.29. The molecule has 8 rings (SSSR count). The lowest BCUT2D eigenvalue weighted by molar-refractivity contribution is -0.172. The number of hydrogen-bond acceptors (Lipinski definition) is 10. The fourth-order valence-corrected chi connectivity index (χ4v) is 5.23. The van der Waals surface area contributed by atoms with Crippen molar-refractivity contribution in [1.29, 1.82) is 0 Å². The Bertz CT molecular complexity index is 811. The first-order valence-electron chi connectivity index (χ1n) is 13.2. The Balaban J connectivity index is 0.000000160. The molecule has 2 amide bonds. The summed E-state index contributed by atoms with van der Waals surface area (Å²) in [6.45, 7) is 3.86. The molecule has 0 aromatic rings. The molecule has 10 N–H and O–H groups in total. The molecule has 2 saturated carbocycles. The highest BCUT2D eigenvalue weighted by atomic mass is 16.4. The predicted molar refractivity (Wildman–Crippen MR) is 132 cm³/mol. The van der Waals surface area contributed by atoms with E-state index in [1.807, 2.05) is 0 Å². The molecule has 39 heavy (non-hydrogen) atoms. The van der Waals surface area contributed by atoms with Crippen molar-refractivity contribution >= 4 is 23.8 Å². The number of piperidine rings is 2. The van der Waals surface area contributed by atoms with Crippen LogP contribution < -0.4 is 10.6 Å². The second kappa shape index (κ2) is 12.8. The third-order valence-corrected chi connectivity index (χ3v) is 7.82. The number of hydrogen-bond donors (Lipinski definition) is 8. The van der Waals surface area contributed by atoms with Crippen LogP contribution in [0.1, 0.15) is 38.5 Å². The number of carbonyl (C=O) groups is 4. The summed E-state index contributed by atoms with van der Waals surface area (Å²) in [6.07, 6.45) is -2.16. The molecule has 8 aliphatic rings. The van der Waals surface area contributed by atoms with E-state index in [9.17, 15) is 19.2 Å². The minimum atomic E-state index is -2.36. The number of carboxylic acid groups (broad SMARTS) is 2. The van der Waals surface area contributed by atoms with Gasteiger partial charge < -0.3 is 56.5 Å². The van der Waals surface area contributed by atoms with E-state index in [1.165, 1.54) is 12.8 Å². The number of nitrogens with zero attached hydrogens (tertiary/aromatic N) is 2. The van der Waals surface area contributed by atoms with Crippen molar-refractivity contribution in [2.45, 2.75) is 87.1 Å². The largest absolute Gasteiger partial charge is 0.479 e. The lowest BCUT2D eigenvalue weighted by Crippen LogP contribution is -2.67. The van der Waals surface area contributed by atoms with Crippen LogP contribution in [0.2, 0.25) is 0 Å². The van der Waals surface area contributed by atoms with Crippen LogP contribution in [0.4, 0.5) is 0 Å². The first kappa shape index (κ1) is 31.1. The number of nitrogens with one attached hydrogen (secondary N) is 2. The van der Waals surface area contributed by atoms with E-state index in [0.717, 1.165) is 51.9 Å². The van der Waals surface area contributed by atoms with Gasteiger partial charge in [-0.25, -0.2) is 9.59 Å². The van der Waals surface area contributed by atoms with Crippen molar-refractivity contribution in [3.63, 3.8) is 0 Å². The molecule has 6 aliphatic heterocycles. The second-order valence-corrected chi connectivity index (χ2v) is 11.2. The van der Waals surface area contributed by atoms with E-state index in [4.69, 9.17) is 30.6 Å². The smallest absolute Gasteiger partial charge is 0.335 e. The zero-order valence-corrected chi connectivity index (χ0v) is 21.6. The van der Waals surface area contributed by atoms with E-state index in [2.05, 4.69) is 20.4 Å². The maximum Gasteiger partial charge on any atom is 0.335 e. The molecule has 6 heterocycles. The Morgan fingerprint density at radius 1 is 0.590 bits per heavy atom. The number of carbonyl (C=O) groups excluding carboxylic acids is 2. The molecule has 6 saturated heterocycles. The number of fused-ring (bicyclic) bond motifs is 4. The van der Waals surface area contributed by atoms with Crippen molar-refractivity contribution in [2.75, 3.05) is 26.2 Å². The monoisotopic (exact) mass is 560 g/mol. The van der Waals surface area contributed by atoms with E-state index < -0.39 is 36.4 Å². The lowest BCUT2D eigenvalue weighted by atomic mass is 9.91. The summed E-state index contributed by atoms with van der Waals surface area (Å²) >= 11 is 0. The third-order valence-electron chi connectivity index (χ3n) is 7.82. The molecule has 15 nitrogen and oxygen atoms in total. The molecule has 8 atom stereocenters. The third kappa shape index (κ3) is 7.84. The van der Waals surface area contributed by atoms with Gasteiger partial charge >= 0.3 is 11.9 Å². The van der Waals surface area contributed by atoms with Crippen LogP contribution in [0.3, 0.4) is 0 Å². The Labute approximate surface area is 225 Å². The van der Waals surface area contributed by atoms with Crippen LogP contribution in [-0.4, -0.2) is 144 Å². The van der Waals surface area contributed by atoms with Crippen LogP contribution >= 0.6 is 0 Å². The van der Waals surface area contributed by atoms with Crippen molar-refractivity contribution in [3.8, 4) is 0 Å². The maximum atomic E-state index is 11.6. The zero-order chi connectivity index (χ0) is 27.7. The normalized spacial score (nSPS) is 31.1. The minimum absolute atomic E-state index is 0. The molecule has 4 bridgehead atoms. The molecule has 0 aromatic heterocycles. The van der Waals surface area contributed by atoms with Crippen LogP contribution in [0.15, 0.2) is 0 Å². The van der Waals surface area contributed by atoms with Gasteiger partial charge in [-0.1, -0.05) is 0 Å². The second-order valence-electron chi connectivity index (χ2n) is 11.2. The fourth-order valence-electron chi connectivity index (χ4n) is 5.23. The number of aliphatic hydroxyl groups is 4. The summed E-state index contributed by atoms with van der Waals surface area (Å²) in [7, 11) is 0. The standard InChI is InChI=1S/2C9H14N2O.C6H10O8.H2O/c2*12-9(6-1-2-6)11-4-7-3-8(5-11)10-7;7-1(3(9)5(11)12)2(8)4(10)6(13)14;/h2*6-8,10H,1-5H2;1-4,7-10H,(H,11,12)(H,13,14);1H2/t2*7-,8+;1-,2+,3+,4-;. The molecular formula is C24H40N4O11. The van der Waals surface area contributed by atoms with Crippen molar-refractivity contribution < 1.29 is 55.3 Å². The van der Waals surface area contributed by atoms with Gasteiger partial charge in [0.25, 0.3) is 0 Å². The van der Waals surface area contributed by atoms with Gasteiger partial charge in [-0.3, -0.25) is 9.59 Å². The summed E-state index contributed by atoms with van der Waals surface area (Å²) in [4.78, 5) is 47.5. The summed E-state index contributed by atoms with van der Waals surface area (Å²) in [5.74, 6) is -2.02. The molecule has 0 unspecified atom stereocenters. The number of aliphatic carboxylic acids is 2. The topological polar surface area (TPSA) is 252 Å². The maximum absolute atomic E-state index is 11.6. The van der Waals surface area contributed by atoms with Gasteiger partial charge in [0.1, 0.15) is 12.2 Å². The number of rotatable bonds is 7. The average Bonchev–Trinajstić information content (AvgIpc) is 3.79. The van der Waals surface area contributed by atoms with Crippen LogP contribution in [0, 0.1) is 11.8 Å². The molecule has 0 radical (unpaired) electrons. The van der Waals surface area contributed by atoms with Gasteiger partial charge in [0.2, 0.25) is 11.8 Å². The van der Waals surface area contributed by atoms with Gasteiger partial charge in [0.15, 0.2) is 12.2 Å². The molecular weight excluding hydrogens is 520 g/mol. The number of amides is 2. The van der Waals surface area contributed by atoms with Gasteiger partial charge in [0.05, 0.1) is 0 Å². The molecule has 222 valence electrons. The number of aliphatic hydroxyl groups excluding tert-OH is 4. The van der Waals surface area contributed by atoms with E-state index in [1.54, 1.807) is 0 Å². The first-order chi connectivity index (χ1) is 17.9. The summed E-state index contributed by atoms with van der Waals surface area (Å²) in [5, 5.41) is 58.3. The van der Waals surface area contributed by atoms with Crippen LogP contribution in [0.5, 0.6) is 0 Å². The molecule has 0 spiro atoms. The Kier molecular flexibility index (Phi) is 10.3. The van der Waals surface area contributed by atoms with E-state index in [-0.39, 0.29) is 5.48 Å². The number of carboxylic acids is 2. The molecule has 15 heteroatoms. The number of piperazine rings is 2. The summed E-state index contributed by atoms with van der Waals surface area (Å²) in [6, 6.07) is 2.47. The summed E-state index contributed by atoms with van der Waals surface area (Å²) < 4.78 is 0.